The van der Waals surface area contributed by atoms with Crippen LogP contribution < -0.4 is 10.0 Å². The molecular formula is C15H13ClN2O4S2. The second-order valence-corrected chi connectivity index (χ2v) is 8.97. The van der Waals surface area contributed by atoms with Crippen LogP contribution in [0.15, 0.2) is 52.3 Å². The van der Waals surface area contributed by atoms with Crippen molar-refractivity contribution in [3.8, 4) is 0 Å². The third-order valence-corrected chi connectivity index (χ3v) is 7.05. The molecule has 1 unspecified atom stereocenters. The molecule has 0 saturated heterocycles. The molecule has 1 amide bonds. The largest absolute Gasteiger partial charge is 0.366 e. The van der Waals surface area contributed by atoms with Crippen LogP contribution in [-0.2, 0) is 20.8 Å². The van der Waals surface area contributed by atoms with Gasteiger partial charge in [0.1, 0.15) is 0 Å². The van der Waals surface area contributed by atoms with Gasteiger partial charge in [-0.25, -0.2) is 8.42 Å². The molecule has 9 heteroatoms. The van der Waals surface area contributed by atoms with Gasteiger partial charge in [0.15, 0.2) is 0 Å². The number of halogens is 1. The average Bonchev–Trinajstić information content (AvgIpc) is 2.54. The number of hydrogen-bond acceptors (Lipinski definition) is 4. The number of primary amides is 1. The van der Waals surface area contributed by atoms with Gasteiger partial charge in [0.05, 0.1) is 26.3 Å². The molecule has 0 bridgehead atoms. The van der Waals surface area contributed by atoms with E-state index in [0.717, 1.165) is 4.31 Å². The number of fused-ring (bicyclic) bond motifs is 1. The first-order chi connectivity index (χ1) is 11.3. The predicted molar refractivity (Wildman–Crippen MR) is 92.2 cm³/mol. The Kier molecular flexibility index (Phi) is 4.37. The van der Waals surface area contributed by atoms with Gasteiger partial charge in [-0.15, -0.1) is 0 Å². The number of sulfonamides is 1. The van der Waals surface area contributed by atoms with E-state index in [2.05, 4.69) is 0 Å². The summed E-state index contributed by atoms with van der Waals surface area (Å²) in [6, 6.07) is 10.2. The lowest BCUT2D eigenvalue weighted by molar-refractivity contribution is 0.1000. The Bertz CT molecular complexity index is 960. The van der Waals surface area contributed by atoms with E-state index in [4.69, 9.17) is 17.3 Å². The minimum Gasteiger partial charge on any atom is -0.366 e. The number of nitrogens with two attached hydrogens (primary N) is 1. The zero-order valence-electron chi connectivity index (χ0n) is 12.3. The van der Waals surface area contributed by atoms with Crippen LogP contribution in [-0.4, -0.2) is 30.8 Å². The molecule has 1 aliphatic rings. The summed E-state index contributed by atoms with van der Waals surface area (Å²) in [5.74, 6) is -0.517. The van der Waals surface area contributed by atoms with Crippen molar-refractivity contribution >= 4 is 44.0 Å². The van der Waals surface area contributed by atoms with Crippen molar-refractivity contribution < 1.29 is 17.4 Å². The molecule has 126 valence electrons. The van der Waals surface area contributed by atoms with Crippen molar-refractivity contribution in [2.24, 2.45) is 5.73 Å². The standard InChI is InChI=1S/C15H13ClN2O4S2/c16-11-2-1-3-12(9-11)24(21,22)18-6-7-23(20)14-5-4-10(15(17)19)8-13(14)18/h1-5,8-9H,6-7H2,(H2,17,19). The lowest BCUT2D eigenvalue weighted by Gasteiger charge is -2.30. The maximum Gasteiger partial charge on any atom is 0.264 e. The third-order valence-electron chi connectivity index (χ3n) is 3.62. The molecule has 1 aliphatic heterocycles. The number of amides is 1. The number of benzene rings is 2. The number of carbonyl (C=O) groups is 1. The van der Waals surface area contributed by atoms with Crippen molar-refractivity contribution in [2.75, 3.05) is 16.6 Å². The van der Waals surface area contributed by atoms with E-state index in [1.54, 1.807) is 6.07 Å². The Hall–Kier alpha value is -1.90. The molecule has 0 fully saturated rings. The van der Waals surface area contributed by atoms with Crippen molar-refractivity contribution in [1.82, 2.24) is 0 Å². The number of hydrogen-bond donors (Lipinski definition) is 1. The quantitative estimate of drug-likeness (QED) is 0.871. The maximum atomic E-state index is 12.9. The summed E-state index contributed by atoms with van der Waals surface area (Å²) >= 11 is 5.89. The normalized spacial score (nSPS) is 17.4. The van der Waals surface area contributed by atoms with Gasteiger partial charge in [-0.05, 0) is 36.4 Å². The zero-order valence-corrected chi connectivity index (χ0v) is 14.7. The van der Waals surface area contributed by atoms with Gasteiger partial charge >= 0.3 is 0 Å². The SMILES string of the molecule is NC(=O)c1ccc2c(c1)N(S(=O)(=O)c1cccc(Cl)c1)CCS2=O. The fraction of sp³-hybridized carbons (Fsp3) is 0.133. The van der Waals surface area contributed by atoms with Gasteiger partial charge in [-0.1, -0.05) is 17.7 Å². The Morgan fingerprint density at radius 1 is 1.21 bits per heavy atom. The lowest BCUT2D eigenvalue weighted by Crippen LogP contribution is -2.38. The molecule has 0 aliphatic carbocycles. The summed E-state index contributed by atoms with van der Waals surface area (Å²) in [6.45, 7) is 0.0384. The molecule has 2 aromatic carbocycles. The van der Waals surface area contributed by atoms with Gasteiger partial charge in [-0.3, -0.25) is 13.3 Å². The number of carbonyl (C=O) groups excluding carboxylic acids is 1. The monoisotopic (exact) mass is 384 g/mol. The van der Waals surface area contributed by atoms with Gasteiger partial charge in [0.25, 0.3) is 10.0 Å². The fourth-order valence-corrected chi connectivity index (χ4v) is 5.60. The van der Waals surface area contributed by atoms with Crippen molar-refractivity contribution in [3.05, 3.63) is 53.1 Å². The summed E-state index contributed by atoms with van der Waals surface area (Å²) < 4.78 is 39.2. The molecule has 1 atom stereocenters. The Labute approximate surface area is 146 Å². The van der Waals surface area contributed by atoms with Crippen LogP contribution in [0.4, 0.5) is 5.69 Å². The summed E-state index contributed by atoms with van der Waals surface area (Å²) in [4.78, 5) is 11.8. The minimum absolute atomic E-state index is 0.0260. The molecule has 24 heavy (non-hydrogen) atoms. The van der Waals surface area contributed by atoms with E-state index in [-0.39, 0.29) is 28.4 Å². The van der Waals surface area contributed by atoms with Crippen LogP contribution in [0, 0.1) is 0 Å². The molecule has 1 heterocycles. The Balaban J connectivity index is 2.17. The van der Waals surface area contributed by atoms with Crippen LogP contribution in [0.25, 0.3) is 0 Å². The van der Waals surface area contributed by atoms with E-state index in [0.29, 0.717) is 9.92 Å². The van der Waals surface area contributed by atoms with Gasteiger partial charge in [0.2, 0.25) is 5.91 Å². The molecule has 3 rings (SSSR count). The van der Waals surface area contributed by atoms with Gasteiger partial charge in [-0.2, -0.15) is 0 Å². The molecule has 0 saturated carbocycles. The van der Waals surface area contributed by atoms with Crippen molar-refractivity contribution in [2.45, 2.75) is 9.79 Å². The number of anilines is 1. The van der Waals surface area contributed by atoms with Crippen LogP contribution in [0.5, 0.6) is 0 Å². The molecule has 2 N–H and O–H groups in total. The zero-order chi connectivity index (χ0) is 17.5. The number of rotatable bonds is 3. The first kappa shape index (κ1) is 16.9. The maximum absolute atomic E-state index is 12.9. The Morgan fingerprint density at radius 2 is 1.96 bits per heavy atom. The van der Waals surface area contributed by atoms with Crippen molar-refractivity contribution in [3.63, 3.8) is 0 Å². The fourth-order valence-electron chi connectivity index (χ4n) is 2.46. The summed E-state index contributed by atoms with van der Waals surface area (Å²) in [5, 5.41) is 0.294. The summed E-state index contributed by atoms with van der Waals surface area (Å²) in [5.41, 5.74) is 5.62. The molecule has 0 aromatic heterocycles. The van der Waals surface area contributed by atoms with Crippen molar-refractivity contribution in [1.29, 1.82) is 0 Å². The highest BCUT2D eigenvalue weighted by molar-refractivity contribution is 7.93. The number of nitrogens with zero attached hydrogens (tertiary/aromatic N) is 1. The Morgan fingerprint density at radius 3 is 2.62 bits per heavy atom. The molecule has 0 spiro atoms. The summed E-state index contributed by atoms with van der Waals surface area (Å²) in [6.07, 6.45) is 0. The van der Waals surface area contributed by atoms with Crippen LogP contribution in [0.1, 0.15) is 10.4 Å². The second-order valence-electron chi connectivity index (χ2n) is 5.13. The van der Waals surface area contributed by atoms with Crippen LogP contribution in [0.2, 0.25) is 5.02 Å². The molecule has 6 nitrogen and oxygen atoms in total. The molecule has 2 aromatic rings. The smallest absolute Gasteiger partial charge is 0.264 e. The van der Waals surface area contributed by atoms with E-state index in [1.165, 1.54) is 36.4 Å². The highest BCUT2D eigenvalue weighted by atomic mass is 35.5. The van der Waals surface area contributed by atoms with Gasteiger partial charge in [0, 0.05) is 22.9 Å². The first-order valence-electron chi connectivity index (χ1n) is 6.91. The topological polar surface area (TPSA) is 97.5 Å². The van der Waals surface area contributed by atoms with Gasteiger partial charge < -0.3 is 5.73 Å². The highest BCUT2D eigenvalue weighted by Crippen LogP contribution is 2.34. The van der Waals surface area contributed by atoms with E-state index >= 15 is 0 Å². The van der Waals surface area contributed by atoms with Crippen LogP contribution in [0.3, 0.4) is 0 Å². The van der Waals surface area contributed by atoms with E-state index < -0.39 is 26.7 Å². The predicted octanol–water partition coefficient (Wildman–Crippen LogP) is 1.76. The third kappa shape index (κ3) is 2.92. The van der Waals surface area contributed by atoms with Crippen LogP contribution >= 0.6 is 11.6 Å². The second kappa shape index (κ2) is 6.19. The molecular weight excluding hydrogens is 372 g/mol. The average molecular weight is 385 g/mol. The highest BCUT2D eigenvalue weighted by Gasteiger charge is 2.32. The first-order valence-corrected chi connectivity index (χ1v) is 10.0. The molecule has 0 radical (unpaired) electrons. The van der Waals surface area contributed by atoms with E-state index in [1.807, 2.05) is 0 Å². The lowest BCUT2D eigenvalue weighted by atomic mass is 10.2. The summed E-state index contributed by atoms with van der Waals surface area (Å²) in [7, 11) is -5.24. The van der Waals surface area contributed by atoms with E-state index in [9.17, 15) is 17.4 Å². The minimum atomic E-state index is -3.90.